The molecule has 2 atom stereocenters. The molecule has 0 heterocycles. The molecule has 30 heavy (non-hydrogen) atoms. The highest BCUT2D eigenvalue weighted by Crippen LogP contribution is 2.45. The zero-order chi connectivity index (χ0) is 20.7. The third-order valence-corrected chi connectivity index (χ3v) is 7.32. The van der Waals surface area contributed by atoms with E-state index in [0.29, 0.717) is 19.4 Å². The van der Waals surface area contributed by atoms with Gasteiger partial charge in [-0.15, -0.1) is 0 Å². The smallest absolute Gasteiger partial charge is 0.407 e. The van der Waals surface area contributed by atoms with Gasteiger partial charge in [0.2, 0.25) is 0 Å². The van der Waals surface area contributed by atoms with Crippen molar-refractivity contribution in [2.45, 2.75) is 44.1 Å². The van der Waals surface area contributed by atoms with E-state index in [0.717, 1.165) is 19.3 Å². The summed E-state index contributed by atoms with van der Waals surface area (Å²) in [7, 11) is 0. The Hall–Kier alpha value is -2.82. The molecule has 2 N–H and O–H groups in total. The summed E-state index contributed by atoms with van der Waals surface area (Å²) in [6.45, 7) is 0.305. The maximum absolute atomic E-state index is 12.7. The van der Waals surface area contributed by atoms with Crippen LogP contribution in [0.25, 0.3) is 11.1 Å². The standard InChI is InChI=1S/C25H27NO4/c27-24(28)17-12-15-6-5-7-16(13-17)23(15)26-25(29)30-14-22-20-10-3-1-8-18(20)19-9-2-4-11-21(19)22/h1-4,8-11,15-17,22-23H,5-7,12-14H2,(H,26,29)(H,27,28). The van der Waals surface area contributed by atoms with Crippen molar-refractivity contribution in [1.82, 2.24) is 5.32 Å². The van der Waals surface area contributed by atoms with Crippen molar-refractivity contribution < 1.29 is 19.4 Å². The molecule has 5 heteroatoms. The number of benzene rings is 2. The van der Waals surface area contributed by atoms with Crippen LogP contribution in [-0.2, 0) is 9.53 Å². The molecule has 2 fully saturated rings. The Bertz CT molecular complexity index is 912. The summed E-state index contributed by atoms with van der Waals surface area (Å²) in [4.78, 5) is 24.1. The predicted molar refractivity (Wildman–Crippen MR) is 113 cm³/mol. The molecule has 2 bridgehead atoms. The molecule has 1 amide bonds. The lowest BCUT2D eigenvalue weighted by Gasteiger charge is -2.44. The quantitative estimate of drug-likeness (QED) is 0.766. The van der Waals surface area contributed by atoms with Crippen molar-refractivity contribution in [3.05, 3.63) is 59.7 Å². The van der Waals surface area contributed by atoms with E-state index in [2.05, 4.69) is 29.6 Å². The van der Waals surface area contributed by atoms with Crippen LogP contribution in [0.15, 0.2) is 48.5 Å². The molecule has 2 unspecified atom stereocenters. The number of amides is 1. The molecule has 2 saturated carbocycles. The van der Waals surface area contributed by atoms with Gasteiger partial charge in [0.25, 0.3) is 0 Å². The summed E-state index contributed by atoms with van der Waals surface area (Å²) in [6, 6.07) is 16.6. The van der Waals surface area contributed by atoms with E-state index < -0.39 is 5.97 Å². The highest BCUT2D eigenvalue weighted by Gasteiger charge is 2.43. The molecule has 0 spiro atoms. The fraction of sp³-hybridized carbons (Fsp3) is 0.440. The Balaban J connectivity index is 1.26. The number of carboxylic acids is 1. The van der Waals surface area contributed by atoms with Crippen LogP contribution in [0.3, 0.4) is 0 Å². The van der Waals surface area contributed by atoms with Gasteiger partial charge in [-0.05, 0) is 59.8 Å². The molecular formula is C25H27NO4. The first-order valence-electron chi connectivity index (χ1n) is 11.0. The Morgan fingerprint density at radius 1 is 0.933 bits per heavy atom. The maximum atomic E-state index is 12.7. The van der Waals surface area contributed by atoms with Crippen molar-refractivity contribution in [2.75, 3.05) is 6.61 Å². The molecule has 3 aliphatic carbocycles. The molecule has 0 aromatic heterocycles. The van der Waals surface area contributed by atoms with Crippen LogP contribution < -0.4 is 5.32 Å². The average Bonchev–Trinajstić information content (AvgIpc) is 3.06. The summed E-state index contributed by atoms with van der Waals surface area (Å²) < 4.78 is 5.72. The van der Waals surface area contributed by atoms with Crippen LogP contribution in [0.5, 0.6) is 0 Å². The SMILES string of the molecule is O=C(NC1C2CCCC1CC(C(=O)O)C2)OCC1c2ccccc2-c2ccccc21. The van der Waals surface area contributed by atoms with Gasteiger partial charge >= 0.3 is 12.1 Å². The summed E-state index contributed by atoms with van der Waals surface area (Å²) in [5, 5.41) is 12.5. The Morgan fingerprint density at radius 3 is 2.07 bits per heavy atom. The van der Waals surface area contributed by atoms with Crippen LogP contribution in [0.1, 0.15) is 49.1 Å². The van der Waals surface area contributed by atoms with Gasteiger partial charge in [-0.3, -0.25) is 4.79 Å². The van der Waals surface area contributed by atoms with Gasteiger partial charge < -0.3 is 15.2 Å². The highest BCUT2D eigenvalue weighted by atomic mass is 16.5. The first-order chi connectivity index (χ1) is 14.6. The summed E-state index contributed by atoms with van der Waals surface area (Å²) in [5.74, 6) is -0.462. The molecular weight excluding hydrogens is 378 g/mol. The van der Waals surface area contributed by atoms with Gasteiger partial charge in [-0.1, -0.05) is 55.0 Å². The van der Waals surface area contributed by atoms with Gasteiger partial charge in [0, 0.05) is 12.0 Å². The molecule has 2 aromatic rings. The lowest BCUT2D eigenvalue weighted by molar-refractivity contribution is -0.145. The lowest BCUT2D eigenvalue weighted by Crippen LogP contribution is -2.52. The zero-order valence-electron chi connectivity index (χ0n) is 16.9. The van der Waals surface area contributed by atoms with E-state index in [9.17, 15) is 14.7 Å². The lowest BCUT2D eigenvalue weighted by atomic mass is 9.65. The van der Waals surface area contributed by atoms with Crippen molar-refractivity contribution in [1.29, 1.82) is 0 Å². The number of carboxylic acid groups (broad SMARTS) is 1. The van der Waals surface area contributed by atoms with Crippen molar-refractivity contribution in [2.24, 2.45) is 17.8 Å². The van der Waals surface area contributed by atoms with E-state index in [1.165, 1.54) is 22.3 Å². The molecule has 0 radical (unpaired) electrons. The van der Waals surface area contributed by atoms with Crippen LogP contribution in [0.2, 0.25) is 0 Å². The van der Waals surface area contributed by atoms with Crippen LogP contribution >= 0.6 is 0 Å². The number of carbonyl (C=O) groups is 2. The van der Waals surface area contributed by atoms with E-state index in [-0.39, 0.29) is 35.8 Å². The Labute approximate surface area is 176 Å². The van der Waals surface area contributed by atoms with Crippen LogP contribution in [0.4, 0.5) is 4.79 Å². The monoisotopic (exact) mass is 405 g/mol. The number of alkyl carbamates (subject to hydrolysis) is 1. The molecule has 0 aliphatic heterocycles. The molecule has 156 valence electrons. The average molecular weight is 405 g/mol. The van der Waals surface area contributed by atoms with Crippen LogP contribution in [0, 0.1) is 17.8 Å². The first-order valence-corrected chi connectivity index (χ1v) is 11.0. The largest absolute Gasteiger partial charge is 0.481 e. The normalized spacial score (nSPS) is 27.1. The number of ether oxygens (including phenoxy) is 1. The van der Waals surface area contributed by atoms with Gasteiger partial charge in [0.1, 0.15) is 6.61 Å². The van der Waals surface area contributed by atoms with Crippen molar-refractivity contribution in [3.8, 4) is 11.1 Å². The number of nitrogens with one attached hydrogen (secondary N) is 1. The third kappa shape index (κ3) is 3.36. The minimum absolute atomic E-state index is 0.0324. The highest BCUT2D eigenvalue weighted by molar-refractivity contribution is 5.79. The second-order valence-electron chi connectivity index (χ2n) is 8.95. The molecule has 2 aromatic carbocycles. The van der Waals surface area contributed by atoms with Gasteiger partial charge in [-0.2, -0.15) is 0 Å². The first kappa shape index (κ1) is 19.2. The van der Waals surface area contributed by atoms with Gasteiger partial charge in [0.05, 0.1) is 5.92 Å². The predicted octanol–water partition coefficient (Wildman–Crippen LogP) is 4.80. The Morgan fingerprint density at radius 2 is 1.50 bits per heavy atom. The Kier molecular flexibility index (Phi) is 4.97. The fourth-order valence-electron chi connectivity index (χ4n) is 5.96. The minimum atomic E-state index is -0.702. The van der Waals surface area contributed by atoms with E-state index in [1.54, 1.807) is 0 Å². The molecule has 3 aliphatic rings. The second kappa shape index (κ2) is 7.78. The second-order valence-corrected chi connectivity index (χ2v) is 8.95. The molecule has 5 nitrogen and oxygen atoms in total. The van der Waals surface area contributed by atoms with Crippen molar-refractivity contribution in [3.63, 3.8) is 0 Å². The fourth-order valence-corrected chi connectivity index (χ4v) is 5.96. The molecule has 5 rings (SSSR count). The zero-order valence-corrected chi connectivity index (χ0v) is 16.9. The van der Waals surface area contributed by atoms with Crippen molar-refractivity contribution >= 4 is 12.1 Å². The third-order valence-electron chi connectivity index (χ3n) is 7.32. The number of carbonyl (C=O) groups excluding carboxylic acids is 1. The topological polar surface area (TPSA) is 75.6 Å². The van der Waals surface area contributed by atoms with Crippen LogP contribution in [-0.4, -0.2) is 29.8 Å². The molecule has 0 saturated heterocycles. The van der Waals surface area contributed by atoms with E-state index in [1.807, 2.05) is 24.3 Å². The number of hydrogen-bond acceptors (Lipinski definition) is 3. The maximum Gasteiger partial charge on any atom is 0.407 e. The van der Waals surface area contributed by atoms with E-state index in [4.69, 9.17) is 4.74 Å². The van der Waals surface area contributed by atoms with Gasteiger partial charge in [0.15, 0.2) is 0 Å². The number of aliphatic carboxylic acids is 1. The summed E-state index contributed by atoms with van der Waals surface area (Å²) in [6.07, 6.45) is 4.00. The summed E-state index contributed by atoms with van der Waals surface area (Å²) in [5.41, 5.74) is 4.82. The number of hydrogen-bond donors (Lipinski definition) is 2. The number of fused-ring (bicyclic) bond motifs is 5. The minimum Gasteiger partial charge on any atom is -0.481 e. The van der Waals surface area contributed by atoms with Gasteiger partial charge in [-0.25, -0.2) is 4.79 Å². The summed E-state index contributed by atoms with van der Waals surface area (Å²) >= 11 is 0. The van der Waals surface area contributed by atoms with E-state index >= 15 is 0 Å². The number of rotatable bonds is 4.